The van der Waals surface area contributed by atoms with E-state index in [4.69, 9.17) is 19.5 Å². The van der Waals surface area contributed by atoms with Crippen LogP contribution in [-0.2, 0) is 9.47 Å². The summed E-state index contributed by atoms with van der Waals surface area (Å²) in [6, 6.07) is 8.89. The minimum atomic E-state index is -0.591. The van der Waals surface area contributed by atoms with Crippen LogP contribution in [0.1, 0.15) is 5.56 Å². The number of carbonyl (C=O) groups is 1. The number of fused-ring (bicyclic) bond motifs is 1. The van der Waals surface area contributed by atoms with Crippen molar-refractivity contribution in [3.63, 3.8) is 0 Å². The average Bonchev–Trinajstić information content (AvgIpc) is 3.33. The van der Waals surface area contributed by atoms with E-state index in [0.717, 1.165) is 26.2 Å². The SMILES string of the molecule is COCCOCCNC(=O)N1CC2CN(C[C@H](O)COc3ccc(C#N)cc3)CC2C1. The van der Waals surface area contributed by atoms with Crippen LogP contribution in [0, 0.1) is 23.2 Å². The molecule has 3 atom stereocenters. The molecule has 0 aliphatic carbocycles. The van der Waals surface area contributed by atoms with Crippen molar-refractivity contribution < 1.29 is 24.1 Å². The first-order valence-corrected chi connectivity index (χ1v) is 10.7. The molecule has 0 radical (unpaired) electrons. The fourth-order valence-electron chi connectivity index (χ4n) is 4.16. The Bertz CT molecular complexity index is 724. The van der Waals surface area contributed by atoms with Crippen molar-refractivity contribution in [3.05, 3.63) is 29.8 Å². The number of nitrogens with zero attached hydrogens (tertiary/aromatic N) is 3. The largest absolute Gasteiger partial charge is 0.491 e. The Balaban J connectivity index is 1.30. The molecule has 2 saturated heterocycles. The Morgan fingerprint density at radius 2 is 1.90 bits per heavy atom. The number of urea groups is 1. The summed E-state index contributed by atoms with van der Waals surface area (Å²) in [5.74, 6) is 1.52. The summed E-state index contributed by atoms with van der Waals surface area (Å²) in [7, 11) is 1.63. The highest BCUT2D eigenvalue weighted by atomic mass is 16.5. The highest BCUT2D eigenvalue weighted by Crippen LogP contribution is 2.31. The van der Waals surface area contributed by atoms with Crippen LogP contribution in [0.5, 0.6) is 5.75 Å². The lowest BCUT2D eigenvalue weighted by atomic mass is 10.0. The van der Waals surface area contributed by atoms with Gasteiger partial charge in [-0.2, -0.15) is 5.26 Å². The third-order valence-electron chi connectivity index (χ3n) is 5.70. The highest BCUT2D eigenvalue weighted by Gasteiger charge is 2.41. The fourth-order valence-corrected chi connectivity index (χ4v) is 4.16. The van der Waals surface area contributed by atoms with Gasteiger partial charge in [-0.1, -0.05) is 0 Å². The van der Waals surface area contributed by atoms with Gasteiger partial charge in [0.1, 0.15) is 18.5 Å². The molecule has 2 aliphatic rings. The first kappa shape index (κ1) is 23.3. The highest BCUT2D eigenvalue weighted by molar-refractivity contribution is 5.74. The summed E-state index contributed by atoms with van der Waals surface area (Å²) in [5.41, 5.74) is 0.578. The molecule has 170 valence electrons. The molecule has 0 saturated carbocycles. The summed E-state index contributed by atoms with van der Waals surface area (Å²) < 4.78 is 15.9. The second-order valence-corrected chi connectivity index (χ2v) is 8.08. The first-order valence-electron chi connectivity index (χ1n) is 10.7. The molecule has 2 fully saturated rings. The molecule has 31 heavy (non-hydrogen) atoms. The lowest BCUT2D eigenvalue weighted by molar-refractivity contribution is 0.0710. The maximum Gasteiger partial charge on any atom is 0.317 e. The molecule has 9 nitrogen and oxygen atoms in total. The molecule has 0 aromatic heterocycles. The van der Waals surface area contributed by atoms with E-state index in [1.165, 1.54) is 0 Å². The standard InChI is InChI=1S/C22H32N4O5/c1-29-8-9-30-7-6-24-22(28)26-13-18-11-25(12-19(18)14-26)15-20(27)16-31-21-4-2-17(10-23)3-5-21/h2-5,18-20,27H,6-9,11-16H2,1H3,(H,24,28)/t18?,19?,20-/m0/s1. The second kappa shape index (κ2) is 11.9. The van der Waals surface area contributed by atoms with Gasteiger partial charge in [0.05, 0.1) is 31.5 Å². The Hall–Kier alpha value is -2.38. The number of nitrogens with one attached hydrogen (secondary N) is 1. The van der Waals surface area contributed by atoms with E-state index in [-0.39, 0.29) is 12.6 Å². The van der Waals surface area contributed by atoms with Gasteiger partial charge in [0.2, 0.25) is 0 Å². The van der Waals surface area contributed by atoms with Crippen LogP contribution in [0.2, 0.25) is 0 Å². The van der Waals surface area contributed by atoms with E-state index < -0.39 is 6.10 Å². The van der Waals surface area contributed by atoms with Crippen LogP contribution in [0.4, 0.5) is 4.79 Å². The number of aliphatic hydroxyl groups excluding tert-OH is 1. The number of benzene rings is 1. The second-order valence-electron chi connectivity index (χ2n) is 8.08. The number of amides is 2. The summed E-state index contributed by atoms with van der Waals surface area (Å²) in [4.78, 5) is 16.5. The molecule has 2 amide bonds. The zero-order chi connectivity index (χ0) is 22.1. The van der Waals surface area contributed by atoms with Crippen LogP contribution < -0.4 is 10.1 Å². The van der Waals surface area contributed by atoms with E-state index in [1.54, 1.807) is 31.4 Å². The van der Waals surface area contributed by atoms with Gasteiger partial charge in [0, 0.05) is 46.4 Å². The maximum absolute atomic E-state index is 12.3. The zero-order valence-electron chi connectivity index (χ0n) is 18.0. The molecular weight excluding hydrogens is 400 g/mol. The molecule has 0 bridgehead atoms. The minimum absolute atomic E-state index is 0.0351. The quantitative estimate of drug-likeness (QED) is 0.491. The molecule has 0 spiro atoms. The molecule has 3 rings (SSSR count). The molecule has 1 aromatic carbocycles. The van der Waals surface area contributed by atoms with Gasteiger partial charge in [-0.05, 0) is 36.1 Å². The molecule has 2 heterocycles. The van der Waals surface area contributed by atoms with E-state index in [0.29, 0.717) is 56.1 Å². The molecule has 2 N–H and O–H groups in total. The van der Waals surface area contributed by atoms with Gasteiger partial charge in [0.25, 0.3) is 0 Å². The number of aliphatic hydroxyl groups is 1. The third kappa shape index (κ3) is 7.08. The number of methoxy groups -OCH3 is 1. The number of hydrogen-bond acceptors (Lipinski definition) is 7. The van der Waals surface area contributed by atoms with Crippen molar-refractivity contribution >= 4 is 6.03 Å². The van der Waals surface area contributed by atoms with Gasteiger partial charge >= 0.3 is 6.03 Å². The summed E-state index contributed by atoms with van der Waals surface area (Å²) in [5, 5.41) is 22.1. The number of β-amino-alcohol motifs (C(OH)–C–C–N with tert-alkyl or cyclic N) is 1. The number of carbonyl (C=O) groups excluding carboxylic acids is 1. The van der Waals surface area contributed by atoms with E-state index in [9.17, 15) is 9.90 Å². The fraction of sp³-hybridized carbons (Fsp3) is 0.636. The van der Waals surface area contributed by atoms with Crippen molar-refractivity contribution in [2.75, 3.05) is 72.8 Å². The lowest BCUT2D eigenvalue weighted by Gasteiger charge is -2.23. The van der Waals surface area contributed by atoms with Crippen molar-refractivity contribution in [1.82, 2.24) is 15.1 Å². The van der Waals surface area contributed by atoms with Crippen molar-refractivity contribution in [1.29, 1.82) is 5.26 Å². The average molecular weight is 433 g/mol. The van der Waals surface area contributed by atoms with Crippen LogP contribution in [0.15, 0.2) is 24.3 Å². The van der Waals surface area contributed by atoms with Gasteiger partial charge in [-0.3, -0.25) is 4.90 Å². The van der Waals surface area contributed by atoms with E-state index >= 15 is 0 Å². The predicted octanol–water partition coefficient (Wildman–Crippen LogP) is 0.534. The summed E-state index contributed by atoms with van der Waals surface area (Å²) in [6.45, 7) is 6.05. The summed E-state index contributed by atoms with van der Waals surface area (Å²) >= 11 is 0. The third-order valence-corrected chi connectivity index (χ3v) is 5.70. The number of likely N-dealkylation sites (tertiary alicyclic amines) is 2. The van der Waals surface area contributed by atoms with Crippen LogP contribution in [0.3, 0.4) is 0 Å². The van der Waals surface area contributed by atoms with Crippen LogP contribution in [-0.4, -0.2) is 99.8 Å². The Kier molecular flexibility index (Phi) is 8.91. The lowest BCUT2D eigenvalue weighted by Crippen LogP contribution is -2.42. The van der Waals surface area contributed by atoms with Gasteiger partial charge < -0.3 is 29.5 Å². The number of nitriles is 1. The van der Waals surface area contributed by atoms with E-state index in [1.807, 2.05) is 4.90 Å². The molecule has 2 aliphatic heterocycles. The predicted molar refractivity (Wildman–Crippen MR) is 114 cm³/mol. The van der Waals surface area contributed by atoms with E-state index in [2.05, 4.69) is 16.3 Å². The molecular formula is C22H32N4O5. The topological polar surface area (TPSA) is 107 Å². The number of hydrogen-bond donors (Lipinski definition) is 2. The Labute approximate surface area is 183 Å². The van der Waals surface area contributed by atoms with Crippen molar-refractivity contribution in [2.24, 2.45) is 11.8 Å². The normalized spacial score (nSPS) is 21.5. The Morgan fingerprint density at radius 1 is 1.19 bits per heavy atom. The van der Waals surface area contributed by atoms with Crippen molar-refractivity contribution in [3.8, 4) is 11.8 Å². The summed E-state index contributed by atoms with van der Waals surface area (Å²) in [6.07, 6.45) is -0.591. The van der Waals surface area contributed by atoms with Crippen molar-refractivity contribution in [2.45, 2.75) is 6.10 Å². The monoisotopic (exact) mass is 432 g/mol. The van der Waals surface area contributed by atoms with Gasteiger partial charge in [-0.25, -0.2) is 4.79 Å². The van der Waals surface area contributed by atoms with Gasteiger partial charge in [-0.15, -0.1) is 0 Å². The smallest absolute Gasteiger partial charge is 0.317 e. The Morgan fingerprint density at radius 3 is 2.55 bits per heavy atom. The number of rotatable bonds is 11. The minimum Gasteiger partial charge on any atom is -0.491 e. The molecule has 1 aromatic rings. The van der Waals surface area contributed by atoms with Crippen LogP contribution >= 0.6 is 0 Å². The molecule has 2 unspecified atom stereocenters. The van der Waals surface area contributed by atoms with Gasteiger partial charge in [0.15, 0.2) is 0 Å². The van der Waals surface area contributed by atoms with Crippen LogP contribution in [0.25, 0.3) is 0 Å². The first-order chi connectivity index (χ1) is 15.1. The maximum atomic E-state index is 12.3. The zero-order valence-corrected chi connectivity index (χ0v) is 18.0. The number of ether oxygens (including phenoxy) is 3. The molecule has 9 heteroatoms.